The van der Waals surface area contributed by atoms with Gasteiger partial charge in [0.25, 0.3) is 0 Å². The number of fused-ring (bicyclic) bond motifs is 1. The number of nitrogens with zero attached hydrogens (tertiary/aromatic N) is 3. The van der Waals surface area contributed by atoms with Crippen LogP contribution in [0.1, 0.15) is 49.9 Å². The molecule has 0 aliphatic carbocycles. The highest BCUT2D eigenvalue weighted by atomic mass is 79.9. The fourth-order valence-electron chi connectivity index (χ4n) is 3.86. The second-order valence-electron chi connectivity index (χ2n) is 8.25. The monoisotopic (exact) mass is 556 g/mol. The van der Waals surface area contributed by atoms with Crippen molar-refractivity contribution in [1.29, 1.82) is 0 Å². The molecule has 184 valence electrons. The number of hydrogen-bond donors (Lipinski definition) is 1. The highest BCUT2D eigenvalue weighted by Crippen LogP contribution is 2.41. The molecule has 0 amide bonds. The SMILES string of the molecule is CCCSc1nc2n(n1)C(c1cc(Br)ccc1OCc1ccc(C)cc1)C(C(=O)OCC)=C(C)N2. The molecule has 1 aliphatic rings. The summed E-state index contributed by atoms with van der Waals surface area (Å²) in [7, 11) is 0. The molecule has 7 nitrogen and oxygen atoms in total. The lowest BCUT2D eigenvalue weighted by molar-refractivity contribution is -0.139. The van der Waals surface area contributed by atoms with Gasteiger partial charge in [-0.1, -0.05) is 64.4 Å². The lowest BCUT2D eigenvalue weighted by Crippen LogP contribution is -2.30. The Bertz CT molecular complexity index is 1240. The average molecular weight is 558 g/mol. The predicted molar refractivity (Wildman–Crippen MR) is 142 cm³/mol. The molecule has 0 saturated heterocycles. The average Bonchev–Trinajstić information content (AvgIpc) is 3.24. The smallest absolute Gasteiger partial charge is 0.338 e. The molecule has 1 aromatic heterocycles. The Morgan fingerprint density at radius 2 is 1.94 bits per heavy atom. The number of anilines is 1. The van der Waals surface area contributed by atoms with Crippen molar-refractivity contribution in [3.63, 3.8) is 0 Å². The quantitative estimate of drug-likeness (QED) is 0.245. The second kappa shape index (κ2) is 11.3. The summed E-state index contributed by atoms with van der Waals surface area (Å²) < 4.78 is 14.4. The zero-order chi connectivity index (χ0) is 24.9. The molecule has 1 atom stereocenters. The fraction of sp³-hybridized carbons (Fsp3) is 0.346. The number of aromatic nitrogens is 3. The first-order valence-electron chi connectivity index (χ1n) is 11.6. The van der Waals surface area contributed by atoms with Gasteiger partial charge in [0, 0.05) is 21.5 Å². The van der Waals surface area contributed by atoms with E-state index >= 15 is 0 Å². The van der Waals surface area contributed by atoms with Crippen LogP contribution in [-0.2, 0) is 16.1 Å². The van der Waals surface area contributed by atoms with Crippen molar-refractivity contribution in [3.05, 3.63) is 74.9 Å². The van der Waals surface area contributed by atoms with E-state index in [-0.39, 0.29) is 6.61 Å². The van der Waals surface area contributed by atoms with Crippen molar-refractivity contribution < 1.29 is 14.3 Å². The normalized spacial score (nSPS) is 14.9. The molecule has 1 N–H and O–H groups in total. The number of ether oxygens (including phenoxy) is 2. The van der Waals surface area contributed by atoms with Crippen LogP contribution in [0, 0.1) is 6.92 Å². The number of aryl methyl sites for hydroxylation is 1. The summed E-state index contributed by atoms with van der Waals surface area (Å²) in [6.45, 7) is 8.52. The van der Waals surface area contributed by atoms with Gasteiger partial charge in [-0.2, -0.15) is 4.98 Å². The van der Waals surface area contributed by atoms with Crippen LogP contribution in [0.2, 0.25) is 0 Å². The third-order valence-electron chi connectivity index (χ3n) is 5.55. The molecule has 0 bridgehead atoms. The van der Waals surface area contributed by atoms with Crippen LogP contribution < -0.4 is 10.1 Å². The predicted octanol–water partition coefficient (Wildman–Crippen LogP) is 6.28. The largest absolute Gasteiger partial charge is 0.489 e. The van der Waals surface area contributed by atoms with Crippen molar-refractivity contribution in [2.45, 2.75) is 51.9 Å². The van der Waals surface area contributed by atoms with Crippen molar-refractivity contribution >= 4 is 39.6 Å². The molecule has 4 rings (SSSR count). The number of benzene rings is 2. The first-order chi connectivity index (χ1) is 16.9. The highest BCUT2D eigenvalue weighted by molar-refractivity contribution is 9.10. The molecule has 0 radical (unpaired) electrons. The minimum atomic E-state index is -0.556. The maximum Gasteiger partial charge on any atom is 0.338 e. The van der Waals surface area contributed by atoms with Gasteiger partial charge in [0.15, 0.2) is 0 Å². The Morgan fingerprint density at radius 1 is 1.17 bits per heavy atom. The Balaban J connectivity index is 1.78. The van der Waals surface area contributed by atoms with Gasteiger partial charge in [-0.05, 0) is 51.0 Å². The van der Waals surface area contributed by atoms with Gasteiger partial charge in [-0.25, -0.2) is 9.48 Å². The third kappa shape index (κ3) is 5.73. The number of allylic oxidation sites excluding steroid dienone is 1. The number of esters is 1. The molecular formula is C26H29BrN4O3S. The van der Waals surface area contributed by atoms with Gasteiger partial charge in [-0.3, -0.25) is 0 Å². The van der Waals surface area contributed by atoms with E-state index < -0.39 is 12.0 Å². The molecule has 2 heterocycles. The van der Waals surface area contributed by atoms with Crippen LogP contribution >= 0.6 is 27.7 Å². The highest BCUT2D eigenvalue weighted by Gasteiger charge is 2.37. The van der Waals surface area contributed by atoms with Gasteiger partial charge in [0.2, 0.25) is 11.1 Å². The third-order valence-corrected chi connectivity index (χ3v) is 7.08. The molecular weight excluding hydrogens is 528 g/mol. The Morgan fingerprint density at radius 3 is 2.66 bits per heavy atom. The molecule has 3 aromatic rings. The first-order valence-corrected chi connectivity index (χ1v) is 13.4. The van der Waals surface area contributed by atoms with E-state index in [1.54, 1.807) is 23.4 Å². The summed E-state index contributed by atoms with van der Waals surface area (Å²) >= 11 is 5.19. The number of carbonyl (C=O) groups excluding carboxylic acids is 1. The number of carbonyl (C=O) groups is 1. The van der Waals surface area contributed by atoms with E-state index in [0.717, 1.165) is 27.8 Å². The van der Waals surface area contributed by atoms with Crippen molar-refractivity contribution in [1.82, 2.24) is 14.8 Å². The van der Waals surface area contributed by atoms with Crippen LogP contribution in [0.15, 0.2) is 63.4 Å². The summed E-state index contributed by atoms with van der Waals surface area (Å²) in [6.07, 6.45) is 1.01. The number of hydrogen-bond acceptors (Lipinski definition) is 7. The van der Waals surface area contributed by atoms with E-state index in [2.05, 4.69) is 64.3 Å². The summed E-state index contributed by atoms with van der Waals surface area (Å²) in [6, 6.07) is 13.5. The van der Waals surface area contributed by atoms with Crippen LogP contribution in [0.5, 0.6) is 5.75 Å². The van der Waals surface area contributed by atoms with Gasteiger partial charge in [0.05, 0.1) is 12.2 Å². The van der Waals surface area contributed by atoms with Crippen LogP contribution in [0.4, 0.5) is 5.95 Å². The van der Waals surface area contributed by atoms with E-state index in [9.17, 15) is 4.79 Å². The second-order valence-corrected chi connectivity index (χ2v) is 10.2. The topological polar surface area (TPSA) is 78.3 Å². The van der Waals surface area contributed by atoms with Crippen LogP contribution in [0.25, 0.3) is 0 Å². The summed E-state index contributed by atoms with van der Waals surface area (Å²) in [5.41, 5.74) is 4.22. The fourth-order valence-corrected chi connectivity index (χ4v) is 4.92. The molecule has 2 aromatic carbocycles. The molecule has 0 spiro atoms. The number of rotatable bonds is 9. The zero-order valence-corrected chi connectivity index (χ0v) is 22.7. The Hall–Kier alpha value is -2.78. The minimum absolute atomic E-state index is 0.277. The van der Waals surface area contributed by atoms with Crippen LogP contribution in [-0.4, -0.2) is 33.1 Å². The van der Waals surface area contributed by atoms with Crippen molar-refractivity contribution in [2.24, 2.45) is 0 Å². The molecule has 0 fully saturated rings. The van der Waals surface area contributed by atoms with E-state index in [0.29, 0.717) is 34.7 Å². The van der Waals surface area contributed by atoms with Gasteiger partial charge in [-0.15, -0.1) is 5.10 Å². The number of halogens is 1. The summed E-state index contributed by atoms with van der Waals surface area (Å²) in [5.74, 6) is 1.77. The van der Waals surface area contributed by atoms with E-state index in [1.807, 2.05) is 25.1 Å². The van der Waals surface area contributed by atoms with E-state index in [1.165, 1.54) is 5.56 Å². The van der Waals surface area contributed by atoms with Crippen molar-refractivity contribution in [2.75, 3.05) is 17.7 Å². The summed E-state index contributed by atoms with van der Waals surface area (Å²) in [5, 5.41) is 8.67. The first kappa shape index (κ1) is 25.3. The Kier molecular flexibility index (Phi) is 8.18. The minimum Gasteiger partial charge on any atom is -0.489 e. The van der Waals surface area contributed by atoms with Gasteiger partial charge < -0.3 is 14.8 Å². The lowest BCUT2D eigenvalue weighted by atomic mass is 9.95. The maximum absolute atomic E-state index is 13.1. The number of nitrogens with one attached hydrogen (secondary N) is 1. The van der Waals surface area contributed by atoms with E-state index in [4.69, 9.17) is 14.6 Å². The number of thioether (sulfide) groups is 1. The maximum atomic E-state index is 13.1. The van der Waals surface area contributed by atoms with Gasteiger partial charge >= 0.3 is 5.97 Å². The van der Waals surface area contributed by atoms with Crippen molar-refractivity contribution in [3.8, 4) is 5.75 Å². The van der Waals surface area contributed by atoms with Gasteiger partial charge in [0.1, 0.15) is 18.4 Å². The lowest BCUT2D eigenvalue weighted by Gasteiger charge is -2.29. The molecule has 9 heteroatoms. The molecule has 1 aliphatic heterocycles. The zero-order valence-electron chi connectivity index (χ0n) is 20.3. The summed E-state index contributed by atoms with van der Waals surface area (Å²) in [4.78, 5) is 17.8. The molecule has 35 heavy (non-hydrogen) atoms. The standard InChI is InChI=1S/C26H29BrN4O3S/c1-5-13-35-26-29-25-28-17(4)22(24(32)33-6-2)23(31(25)30-26)20-14-19(27)11-12-21(20)34-15-18-9-7-16(3)8-10-18/h7-12,14,23H,5-6,13,15H2,1-4H3,(H,28,29,30). The molecule has 0 saturated carbocycles. The van der Waals surface area contributed by atoms with Crippen LogP contribution in [0.3, 0.4) is 0 Å². The Labute approximate surface area is 218 Å². The molecule has 1 unspecified atom stereocenters.